The Bertz CT molecular complexity index is 1720. The number of hydrogen-bond acceptors (Lipinski definition) is 4. The summed E-state index contributed by atoms with van der Waals surface area (Å²) in [6.45, 7) is 5.33. The van der Waals surface area contributed by atoms with Crippen LogP contribution in [0.4, 0.5) is 15.8 Å². The van der Waals surface area contributed by atoms with E-state index < -0.39 is 11.7 Å². The predicted molar refractivity (Wildman–Crippen MR) is 155 cm³/mol. The molecule has 1 atom stereocenters. The zero-order valence-corrected chi connectivity index (χ0v) is 22.6. The molecule has 0 aliphatic carbocycles. The maximum absolute atomic E-state index is 13.3. The molecule has 0 spiro atoms. The Hall–Kier alpha value is -5.31. The minimum Gasteiger partial charge on any atom is -0.357 e. The SMILES string of the molecule is Cc1[nH]c(/C=C2\C(=O)Nc3ccc(C(=O)N[C@H](C)c4ccc(F)cc4)cc32)c(C)c1NC(=O)C(=O)c1ccccc1. The van der Waals surface area contributed by atoms with Gasteiger partial charge in [0.2, 0.25) is 0 Å². The number of benzene rings is 3. The number of fused-ring (bicyclic) bond motifs is 1. The number of amides is 3. The highest BCUT2D eigenvalue weighted by Crippen LogP contribution is 2.35. The van der Waals surface area contributed by atoms with Gasteiger partial charge in [-0.05, 0) is 68.3 Å². The number of halogens is 1. The Kier molecular flexibility index (Phi) is 7.35. The second-order valence-electron chi connectivity index (χ2n) is 9.83. The molecule has 4 N–H and O–H groups in total. The summed E-state index contributed by atoms with van der Waals surface area (Å²) in [4.78, 5) is 54.3. The fraction of sp³-hybridized carbons (Fsp3) is 0.125. The van der Waals surface area contributed by atoms with Crippen molar-refractivity contribution < 1.29 is 23.6 Å². The van der Waals surface area contributed by atoms with E-state index in [2.05, 4.69) is 20.9 Å². The summed E-state index contributed by atoms with van der Waals surface area (Å²) < 4.78 is 13.3. The molecule has 2 heterocycles. The first-order valence-corrected chi connectivity index (χ1v) is 13.0. The lowest BCUT2D eigenvalue weighted by atomic mass is 10.0. The van der Waals surface area contributed by atoms with Crippen LogP contribution in [0.5, 0.6) is 0 Å². The molecule has 5 rings (SSSR count). The maximum atomic E-state index is 13.3. The molecule has 1 aliphatic heterocycles. The number of aryl methyl sites for hydroxylation is 1. The van der Waals surface area contributed by atoms with Gasteiger partial charge >= 0.3 is 0 Å². The molecule has 3 aromatic carbocycles. The number of anilines is 2. The molecule has 1 aromatic heterocycles. The maximum Gasteiger partial charge on any atom is 0.296 e. The van der Waals surface area contributed by atoms with E-state index in [9.17, 15) is 23.6 Å². The summed E-state index contributed by atoms with van der Waals surface area (Å²) in [5.41, 5.74) is 5.12. The van der Waals surface area contributed by atoms with Crippen molar-refractivity contribution in [3.05, 3.63) is 118 Å². The van der Waals surface area contributed by atoms with Gasteiger partial charge in [-0.1, -0.05) is 42.5 Å². The number of aromatic nitrogens is 1. The molecule has 8 nitrogen and oxygen atoms in total. The van der Waals surface area contributed by atoms with E-state index in [-0.39, 0.29) is 29.2 Å². The van der Waals surface area contributed by atoms with E-state index in [0.29, 0.717) is 45.0 Å². The van der Waals surface area contributed by atoms with Crippen LogP contribution in [0, 0.1) is 19.7 Å². The molecule has 0 saturated carbocycles. The summed E-state index contributed by atoms with van der Waals surface area (Å²) in [5.74, 6) is -2.47. The molecular weight excluding hydrogens is 523 g/mol. The van der Waals surface area contributed by atoms with Crippen LogP contribution in [0.3, 0.4) is 0 Å². The lowest BCUT2D eigenvalue weighted by molar-refractivity contribution is -0.112. The topological polar surface area (TPSA) is 120 Å². The first-order valence-electron chi connectivity index (χ1n) is 13.0. The van der Waals surface area contributed by atoms with E-state index in [4.69, 9.17) is 0 Å². The first kappa shape index (κ1) is 27.3. The van der Waals surface area contributed by atoms with Crippen molar-refractivity contribution in [1.82, 2.24) is 10.3 Å². The summed E-state index contributed by atoms with van der Waals surface area (Å²) in [6.07, 6.45) is 1.65. The molecule has 41 heavy (non-hydrogen) atoms. The lowest BCUT2D eigenvalue weighted by Crippen LogP contribution is -2.26. The fourth-order valence-corrected chi connectivity index (χ4v) is 4.73. The van der Waals surface area contributed by atoms with Crippen molar-refractivity contribution in [3.8, 4) is 0 Å². The lowest BCUT2D eigenvalue weighted by Gasteiger charge is -2.15. The number of aromatic amines is 1. The van der Waals surface area contributed by atoms with E-state index in [1.54, 1.807) is 87.5 Å². The van der Waals surface area contributed by atoms with E-state index in [1.807, 2.05) is 0 Å². The quantitative estimate of drug-likeness (QED) is 0.136. The summed E-state index contributed by atoms with van der Waals surface area (Å²) in [5, 5.41) is 8.39. The van der Waals surface area contributed by atoms with Crippen LogP contribution in [-0.2, 0) is 9.59 Å². The number of H-pyrrole nitrogens is 1. The van der Waals surface area contributed by atoms with Crippen LogP contribution in [0.2, 0.25) is 0 Å². The number of rotatable bonds is 7. The van der Waals surface area contributed by atoms with Crippen molar-refractivity contribution in [2.75, 3.05) is 10.6 Å². The summed E-state index contributed by atoms with van der Waals surface area (Å²) in [6, 6.07) is 18.7. The number of nitrogens with one attached hydrogen (secondary N) is 4. The van der Waals surface area contributed by atoms with Crippen LogP contribution < -0.4 is 16.0 Å². The van der Waals surface area contributed by atoms with Gasteiger partial charge in [-0.3, -0.25) is 19.2 Å². The van der Waals surface area contributed by atoms with Gasteiger partial charge in [-0.2, -0.15) is 0 Å². The van der Waals surface area contributed by atoms with E-state index in [1.165, 1.54) is 12.1 Å². The van der Waals surface area contributed by atoms with Gasteiger partial charge in [0.1, 0.15) is 5.82 Å². The van der Waals surface area contributed by atoms with Gasteiger partial charge in [0, 0.05) is 33.8 Å². The molecule has 4 aromatic rings. The van der Waals surface area contributed by atoms with Crippen LogP contribution in [0.25, 0.3) is 11.6 Å². The van der Waals surface area contributed by atoms with Gasteiger partial charge in [0.25, 0.3) is 23.5 Å². The monoisotopic (exact) mass is 550 g/mol. The first-order chi connectivity index (χ1) is 19.6. The Morgan fingerprint density at radius 3 is 2.34 bits per heavy atom. The average Bonchev–Trinajstić information content (AvgIpc) is 3.42. The fourth-order valence-electron chi connectivity index (χ4n) is 4.73. The highest BCUT2D eigenvalue weighted by Gasteiger charge is 2.27. The molecular formula is C32H27FN4O4. The Balaban J connectivity index is 1.38. The third kappa shape index (κ3) is 5.56. The molecule has 0 bridgehead atoms. The second kappa shape index (κ2) is 11.1. The largest absolute Gasteiger partial charge is 0.357 e. The van der Waals surface area contributed by atoms with Crippen LogP contribution in [-0.4, -0.2) is 28.5 Å². The Morgan fingerprint density at radius 2 is 1.63 bits per heavy atom. The van der Waals surface area contributed by atoms with Crippen LogP contribution >= 0.6 is 0 Å². The molecule has 0 radical (unpaired) electrons. The molecule has 0 unspecified atom stereocenters. The number of carbonyl (C=O) groups is 4. The highest BCUT2D eigenvalue weighted by molar-refractivity contribution is 6.46. The van der Waals surface area contributed by atoms with Crippen molar-refractivity contribution in [1.29, 1.82) is 0 Å². The van der Waals surface area contributed by atoms with Gasteiger partial charge < -0.3 is 20.9 Å². The number of carbonyl (C=O) groups excluding carboxylic acids is 4. The minimum atomic E-state index is -0.768. The zero-order valence-electron chi connectivity index (χ0n) is 22.6. The average molecular weight is 551 g/mol. The smallest absolute Gasteiger partial charge is 0.296 e. The van der Waals surface area contributed by atoms with Gasteiger partial charge in [-0.25, -0.2) is 4.39 Å². The van der Waals surface area contributed by atoms with Gasteiger partial charge in [0.15, 0.2) is 0 Å². The normalized spacial score (nSPS) is 13.9. The molecule has 3 amide bonds. The second-order valence-corrected chi connectivity index (χ2v) is 9.83. The minimum absolute atomic E-state index is 0.282. The van der Waals surface area contributed by atoms with Crippen molar-refractivity contribution in [2.45, 2.75) is 26.8 Å². The number of hydrogen-bond donors (Lipinski definition) is 4. The van der Waals surface area contributed by atoms with Crippen molar-refractivity contribution in [2.24, 2.45) is 0 Å². The van der Waals surface area contributed by atoms with Gasteiger partial charge in [-0.15, -0.1) is 0 Å². The van der Waals surface area contributed by atoms with Crippen LogP contribution in [0.1, 0.15) is 61.8 Å². The van der Waals surface area contributed by atoms with E-state index in [0.717, 1.165) is 5.56 Å². The third-order valence-corrected chi connectivity index (χ3v) is 7.03. The van der Waals surface area contributed by atoms with Gasteiger partial charge in [0.05, 0.1) is 17.3 Å². The van der Waals surface area contributed by atoms with Crippen molar-refractivity contribution >= 4 is 46.5 Å². The number of Topliss-reactive ketones (excluding diaryl/α,β-unsaturated/α-hetero) is 1. The standard InChI is InChI=1S/C32H27FN4O4/c1-17-27(34-19(3)28(17)37-32(41)29(38)21-7-5-4-6-8-21)16-25-24-15-22(11-14-26(24)36-31(25)40)30(39)35-18(2)20-9-12-23(33)13-10-20/h4-16,18,34H,1-3H3,(H,35,39)(H,36,40)(H,37,41)/b25-16-/t18-/m1/s1. The molecule has 206 valence electrons. The Labute approximate surface area is 235 Å². The zero-order chi connectivity index (χ0) is 29.3. The third-order valence-electron chi connectivity index (χ3n) is 7.03. The summed E-state index contributed by atoms with van der Waals surface area (Å²) >= 11 is 0. The van der Waals surface area contributed by atoms with E-state index >= 15 is 0 Å². The highest BCUT2D eigenvalue weighted by atomic mass is 19.1. The Morgan fingerprint density at radius 1 is 0.927 bits per heavy atom. The van der Waals surface area contributed by atoms with Crippen molar-refractivity contribution in [3.63, 3.8) is 0 Å². The molecule has 0 fully saturated rings. The predicted octanol–water partition coefficient (Wildman–Crippen LogP) is 5.58. The molecule has 0 saturated heterocycles. The summed E-state index contributed by atoms with van der Waals surface area (Å²) in [7, 11) is 0. The van der Waals surface area contributed by atoms with Crippen LogP contribution in [0.15, 0.2) is 72.8 Å². The molecule has 9 heteroatoms. The molecule has 1 aliphatic rings. The number of ketones is 1.